The highest BCUT2D eigenvalue weighted by molar-refractivity contribution is 7.80. The predicted octanol–water partition coefficient (Wildman–Crippen LogP) is 3.77. The molecular formula is C16H15F2N3OS. The largest absolute Gasteiger partial charge is 0.507 e. The molecule has 2 aromatic carbocycles. The minimum Gasteiger partial charge on any atom is -0.507 e. The van der Waals surface area contributed by atoms with Crippen LogP contribution in [0.3, 0.4) is 0 Å². The third-order valence-corrected chi connectivity index (χ3v) is 3.19. The Morgan fingerprint density at radius 1 is 1.13 bits per heavy atom. The van der Waals surface area contributed by atoms with Gasteiger partial charge in [0.2, 0.25) is 0 Å². The van der Waals surface area contributed by atoms with Crippen LogP contribution in [0.25, 0.3) is 0 Å². The van der Waals surface area contributed by atoms with Crippen molar-refractivity contribution in [3.05, 3.63) is 59.7 Å². The summed E-state index contributed by atoms with van der Waals surface area (Å²) in [5.74, 6) is -0.875. The van der Waals surface area contributed by atoms with E-state index < -0.39 is 5.82 Å². The van der Waals surface area contributed by atoms with Crippen LogP contribution in [-0.4, -0.2) is 15.9 Å². The van der Waals surface area contributed by atoms with Gasteiger partial charge in [0, 0.05) is 11.3 Å². The number of phenols is 1. The Hall–Kier alpha value is -2.54. The fourth-order valence-corrected chi connectivity index (χ4v) is 2.04. The van der Waals surface area contributed by atoms with Crippen LogP contribution >= 0.6 is 12.2 Å². The summed E-state index contributed by atoms with van der Waals surface area (Å²) in [4.78, 5) is 0. The maximum Gasteiger partial charge on any atom is 0.191 e. The van der Waals surface area contributed by atoms with E-state index in [0.29, 0.717) is 23.4 Å². The Bertz CT molecular complexity index is 733. The molecule has 0 bridgehead atoms. The van der Waals surface area contributed by atoms with Crippen LogP contribution in [0.5, 0.6) is 5.75 Å². The van der Waals surface area contributed by atoms with Crippen molar-refractivity contribution in [3.63, 3.8) is 0 Å². The van der Waals surface area contributed by atoms with Crippen LogP contribution in [0, 0.1) is 11.6 Å². The van der Waals surface area contributed by atoms with Crippen molar-refractivity contribution in [1.29, 1.82) is 0 Å². The van der Waals surface area contributed by atoms with E-state index in [1.165, 1.54) is 42.5 Å². The number of thiocarbonyl (C=S) groups is 1. The minimum absolute atomic E-state index is 0.0637. The zero-order valence-electron chi connectivity index (χ0n) is 12.3. The van der Waals surface area contributed by atoms with Gasteiger partial charge in [0.25, 0.3) is 0 Å². The SMILES string of the molecule is CC/C(=N\NC(=S)Nc1ccc(F)cc1)c1cc(F)ccc1O. The van der Waals surface area contributed by atoms with Gasteiger partial charge in [-0.15, -0.1) is 0 Å². The molecule has 2 rings (SSSR count). The first-order chi connectivity index (χ1) is 11.0. The minimum atomic E-state index is -0.467. The number of rotatable bonds is 4. The summed E-state index contributed by atoms with van der Waals surface area (Å²) < 4.78 is 26.1. The van der Waals surface area contributed by atoms with Crippen LogP contribution in [0.4, 0.5) is 14.5 Å². The monoisotopic (exact) mass is 335 g/mol. The van der Waals surface area contributed by atoms with Crippen LogP contribution in [0.15, 0.2) is 47.6 Å². The first kappa shape index (κ1) is 16.8. The van der Waals surface area contributed by atoms with Crippen molar-refractivity contribution in [2.45, 2.75) is 13.3 Å². The molecular weight excluding hydrogens is 320 g/mol. The molecule has 0 unspecified atom stereocenters. The van der Waals surface area contributed by atoms with E-state index in [9.17, 15) is 13.9 Å². The second kappa shape index (κ2) is 7.64. The Kier molecular flexibility index (Phi) is 5.59. The summed E-state index contributed by atoms with van der Waals surface area (Å²) in [6, 6.07) is 9.31. The number of hydrogen-bond donors (Lipinski definition) is 3. The molecule has 4 nitrogen and oxygen atoms in total. The third-order valence-electron chi connectivity index (χ3n) is 3.00. The first-order valence-corrected chi connectivity index (χ1v) is 7.28. The molecule has 0 saturated carbocycles. The van der Waals surface area contributed by atoms with Crippen molar-refractivity contribution < 1.29 is 13.9 Å². The number of hydrogen-bond acceptors (Lipinski definition) is 3. The number of phenolic OH excluding ortho intramolecular Hbond substituents is 1. The van der Waals surface area contributed by atoms with Gasteiger partial charge >= 0.3 is 0 Å². The van der Waals surface area contributed by atoms with Gasteiger partial charge in [-0.3, -0.25) is 5.43 Å². The molecule has 0 fully saturated rings. The lowest BCUT2D eigenvalue weighted by molar-refractivity contribution is 0.471. The number of anilines is 1. The normalized spacial score (nSPS) is 11.2. The van der Waals surface area contributed by atoms with Crippen molar-refractivity contribution in [1.82, 2.24) is 5.43 Å². The van der Waals surface area contributed by atoms with E-state index in [4.69, 9.17) is 12.2 Å². The van der Waals surface area contributed by atoms with Gasteiger partial charge in [-0.25, -0.2) is 8.78 Å². The van der Waals surface area contributed by atoms with E-state index >= 15 is 0 Å². The second-order valence-electron chi connectivity index (χ2n) is 4.65. The number of benzene rings is 2. The van der Waals surface area contributed by atoms with Crippen molar-refractivity contribution in [2.24, 2.45) is 5.10 Å². The van der Waals surface area contributed by atoms with Gasteiger partial charge in [-0.05, 0) is 61.1 Å². The molecule has 0 spiro atoms. The molecule has 3 N–H and O–H groups in total. The molecule has 0 saturated heterocycles. The average molecular weight is 335 g/mol. The van der Waals surface area contributed by atoms with Crippen molar-refractivity contribution in [2.75, 3.05) is 5.32 Å². The third kappa shape index (κ3) is 4.72. The highest BCUT2D eigenvalue weighted by atomic mass is 32.1. The van der Waals surface area contributed by atoms with Gasteiger partial charge in [0.1, 0.15) is 17.4 Å². The molecule has 0 aliphatic rings. The van der Waals surface area contributed by atoms with Gasteiger partial charge in [0.15, 0.2) is 5.11 Å². The first-order valence-electron chi connectivity index (χ1n) is 6.87. The maximum absolute atomic E-state index is 13.3. The highest BCUT2D eigenvalue weighted by Crippen LogP contribution is 2.20. The molecule has 0 amide bonds. The van der Waals surface area contributed by atoms with Crippen LogP contribution < -0.4 is 10.7 Å². The summed E-state index contributed by atoms with van der Waals surface area (Å²) >= 11 is 5.08. The number of nitrogens with one attached hydrogen (secondary N) is 2. The summed E-state index contributed by atoms with van der Waals surface area (Å²) in [5, 5.41) is 16.9. The predicted molar refractivity (Wildman–Crippen MR) is 90.6 cm³/mol. The van der Waals surface area contributed by atoms with Crippen LogP contribution in [0.1, 0.15) is 18.9 Å². The molecule has 2 aromatic rings. The van der Waals surface area contributed by atoms with Crippen LogP contribution in [-0.2, 0) is 0 Å². The average Bonchev–Trinajstić information content (AvgIpc) is 2.53. The number of hydrazone groups is 1. The highest BCUT2D eigenvalue weighted by Gasteiger charge is 2.09. The molecule has 0 aromatic heterocycles. The number of aromatic hydroxyl groups is 1. The Morgan fingerprint density at radius 2 is 1.78 bits per heavy atom. The Morgan fingerprint density at radius 3 is 2.43 bits per heavy atom. The quantitative estimate of drug-likeness (QED) is 0.452. The fourth-order valence-electron chi connectivity index (χ4n) is 1.88. The molecule has 0 aliphatic carbocycles. The topological polar surface area (TPSA) is 56.7 Å². The van der Waals surface area contributed by atoms with Crippen LogP contribution in [0.2, 0.25) is 0 Å². The molecule has 0 heterocycles. The van der Waals surface area contributed by atoms with E-state index in [-0.39, 0.29) is 16.7 Å². The van der Waals surface area contributed by atoms with Crippen molar-refractivity contribution >= 4 is 28.7 Å². The fraction of sp³-hybridized carbons (Fsp3) is 0.125. The van der Waals surface area contributed by atoms with E-state index in [0.717, 1.165) is 0 Å². The van der Waals surface area contributed by atoms with Gasteiger partial charge in [-0.1, -0.05) is 6.92 Å². The van der Waals surface area contributed by atoms with Gasteiger partial charge < -0.3 is 10.4 Å². The Labute approximate surface area is 137 Å². The standard InChI is InChI=1S/C16H15F2N3OS/c1-2-14(13-9-11(18)5-8-15(13)22)20-21-16(23)19-12-6-3-10(17)4-7-12/h3-9,22H,2H2,1H3,(H2,19,21,23)/b20-14+. The molecule has 0 aliphatic heterocycles. The molecule has 120 valence electrons. The number of halogens is 2. The van der Waals surface area contributed by atoms with Crippen molar-refractivity contribution in [3.8, 4) is 5.75 Å². The summed E-state index contributed by atoms with van der Waals surface area (Å²) in [6.45, 7) is 1.82. The zero-order chi connectivity index (χ0) is 16.8. The van der Waals surface area contributed by atoms with E-state index in [1.807, 2.05) is 6.92 Å². The van der Waals surface area contributed by atoms with Gasteiger partial charge in [-0.2, -0.15) is 5.10 Å². The second-order valence-corrected chi connectivity index (χ2v) is 5.05. The lowest BCUT2D eigenvalue weighted by Crippen LogP contribution is -2.25. The van der Waals surface area contributed by atoms with E-state index in [2.05, 4.69) is 15.8 Å². The molecule has 0 atom stereocenters. The van der Waals surface area contributed by atoms with E-state index in [1.54, 1.807) is 0 Å². The summed E-state index contributed by atoms with van der Waals surface area (Å²) in [6.07, 6.45) is 0.461. The lowest BCUT2D eigenvalue weighted by atomic mass is 10.1. The molecule has 23 heavy (non-hydrogen) atoms. The number of nitrogens with zero attached hydrogens (tertiary/aromatic N) is 1. The summed E-state index contributed by atoms with van der Waals surface area (Å²) in [7, 11) is 0. The lowest BCUT2D eigenvalue weighted by Gasteiger charge is -2.10. The maximum atomic E-state index is 13.3. The van der Waals surface area contributed by atoms with Gasteiger partial charge in [0.05, 0.1) is 5.71 Å². The smallest absolute Gasteiger partial charge is 0.191 e. The molecule has 0 radical (unpaired) electrons. The zero-order valence-corrected chi connectivity index (χ0v) is 13.1. The molecule has 7 heteroatoms. The summed E-state index contributed by atoms with van der Waals surface area (Å²) in [5.41, 5.74) is 3.97. The Balaban J connectivity index is 2.08.